The summed E-state index contributed by atoms with van der Waals surface area (Å²) in [5.74, 6) is -0.669. The van der Waals surface area contributed by atoms with Crippen molar-refractivity contribution >= 4 is 23.7 Å². The second kappa shape index (κ2) is 10.8. The Balaban J connectivity index is 1.79. The van der Waals surface area contributed by atoms with E-state index in [0.717, 1.165) is 11.1 Å². The van der Waals surface area contributed by atoms with E-state index in [-0.39, 0.29) is 25.5 Å². The highest BCUT2D eigenvalue weighted by atomic mass is 16.6. The number of carbonyl (C=O) groups excluding carboxylic acids is 2. The third kappa shape index (κ3) is 4.92. The van der Waals surface area contributed by atoms with Crippen LogP contribution in [0.15, 0.2) is 49.1 Å². The van der Waals surface area contributed by atoms with Crippen molar-refractivity contribution in [2.45, 2.75) is 45.0 Å². The van der Waals surface area contributed by atoms with E-state index in [1.807, 2.05) is 31.2 Å². The average Bonchev–Trinajstić information content (AvgIpc) is 2.96. The van der Waals surface area contributed by atoms with Crippen LogP contribution in [0.5, 0.6) is 5.75 Å². The molecule has 9 nitrogen and oxygen atoms in total. The van der Waals surface area contributed by atoms with Crippen molar-refractivity contribution < 1.29 is 33.7 Å². The summed E-state index contributed by atoms with van der Waals surface area (Å²) < 4.78 is 17.1. The molecule has 2 amide bonds. The summed E-state index contributed by atoms with van der Waals surface area (Å²) in [6.45, 7) is 5.98. The summed E-state index contributed by atoms with van der Waals surface area (Å²) in [4.78, 5) is 41.2. The Bertz CT molecular complexity index is 1180. The number of carbonyl (C=O) groups is 3. The fraction of sp³-hybridized carbons (Fsp3) is 0.370. The fourth-order valence-electron chi connectivity index (χ4n) is 4.76. The van der Waals surface area contributed by atoms with Gasteiger partial charge in [0.1, 0.15) is 12.4 Å². The number of carboxylic acids is 1. The maximum absolute atomic E-state index is 13.9. The van der Waals surface area contributed by atoms with Gasteiger partial charge in [0.15, 0.2) is 6.23 Å². The number of anilines is 1. The fourth-order valence-corrected chi connectivity index (χ4v) is 4.76. The molecule has 0 aliphatic carbocycles. The third-order valence-electron chi connectivity index (χ3n) is 6.47. The van der Waals surface area contributed by atoms with Gasteiger partial charge in [-0.2, -0.15) is 0 Å². The Labute approximate surface area is 209 Å². The van der Waals surface area contributed by atoms with E-state index in [4.69, 9.17) is 19.3 Å². The molecule has 0 radical (unpaired) electrons. The number of hydrogen-bond donors (Lipinski definition) is 1. The molecule has 0 saturated heterocycles. The van der Waals surface area contributed by atoms with Crippen LogP contribution in [0.1, 0.15) is 39.9 Å². The number of carboxylic acid groups (broad SMARTS) is 1. The number of aryl methyl sites for hydroxylation is 1. The molecule has 4 rings (SSSR count). The first kappa shape index (κ1) is 25.2. The van der Waals surface area contributed by atoms with Crippen LogP contribution in [0.3, 0.4) is 0 Å². The molecule has 9 heteroatoms. The Kier molecular flexibility index (Phi) is 7.59. The number of nitrogens with zero attached hydrogens (tertiary/aromatic N) is 2. The van der Waals surface area contributed by atoms with Gasteiger partial charge in [-0.3, -0.25) is 9.59 Å². The van der Waals surface area contributed by atoms with Gasteiger partial charge in [0.25, 0.3) is 5.91 Å². The average molecular weight is 495 g/mol. The first-order chi connectivity index (χ1) is 17.3. The van der Waals surface area contributed by atoms with E-state index in [0.29, 0.717) is 42.0 Å². The Morgan fingerprint density at radius 2 is 1.97 bits per heavy atom. The molecule has 0 spiro atoms. The lowest BCUT2D eigenvalue weighted by molar-refractivity contribution is -0.137. The number of methoxy groups -OCH3 is 1. The van der Waals surface area contributed by atoms with Crippen LogP contribution in [-0.4, -0.2) is 60.6 Å². The Hall–Kier alpha value is -3.85. The minimum Gasteiger partial charge on any atom is -0.493 e. The molecule has 0 fully saturated rings. The summed E-state index contributed by atoms with van der Waals surface area (Å²) in [6.07, 6.45) is 0.798. The maximum Gasteiger partial charge on any atom is 0.416 e. The monoisotopic (exact) mass is 494 g/mol. The van der Waals surface area contributed by atoms with Crippen LogP contribution in [-0.2, 0) is 27.2 Å². The number of ether oxygens (including phenoxy) is 3. The van der Waals surface area contributed by atoms with Crippen molar-refractivity contribution in [2.24, 2.45) is 0 Å². The van der Waals surface area contributed by atoms with Crippen molar-refractivity contribution in [3.63, 3.8) is 0 Å². The van der Waals surface area contributed by atoms with Gasteiger partial charge in [-0.05, 0) is 42.5 Å². The van der Waals surface area contributed by atoms with E-state index in [1.54, 1.807) is 17.0 Å². The summed E-state index contributed by atoms with van der Waals surface area (Å²) >= 11 is 0. The summed E-state index contributed by atoms with van der Waals surface area (Å²) in [5, 5.41) is 8.90. The van der Waals surface area contributed by atoms with Crippen molar-refractivity contribution in [3.05, 3.63) is 71.3 Å². The van der Waals surface area contributed by atoms with E-state index in [1.165, 1.54) is 18.1 Å². The first-order valence-electron chi connectivity index (χ1n) is 11.8. The number of fused-ring (bicyclic) bond motifs is 3. The number of hydrogen-bond acceptors (Lipinski definition) is 6. The highest BCUT2D eigenvalue weighted by Crippen LogP contribution is 2.39. The molecule has 2 aromatic rings. The summed E-state index contributed by atoms with van der Waals surface area (Å²) in [5.41, 5.74) is 3.50. The smallest absolute Gasteiger partial charge is 0.416 e. The number of aliphatic carboxylic acids is 1. The predicted molar refractivity (Wildman–Crippen MR) is 132 cm³/mol. The molecule has 0 bridgehead atoms. The van der Waals surface area contributed by atoms with Crippen LogP contribution in [0.4, 0.5) is 10.5 Å². The number of benzene rings is 2. The minimum atomic E-state index is -0.903. The van der Waals surface area contributed by atoms with Crippen LogP contribution < -0.4 is 9.64 Å². The highest BCUT2D eigenvalue weighted by Gasteiger charge is 2.46. The van der Waals surface area contributed by atoms with Crippen LogP contribution in [0.25, 0.3) is 0 Å². The van der Waals surface area contributed by atoms with E-state index < -0.39 is 24.3 Å². The minimum absolute atomic E-state index is 0.00330. The lowest BCUT2D eigenvalue weighted by atomic mass is 9.92. The largest absolute Gasteiger partial charge is 0.493 e. The van der Waals surface area contributed by atoms with Gasteiger partial charge in [-0.15, -0.1) is 0 Å². The topological polar surface area (TPSA) is 106 Å². The standard InChI is InChI=1S/C27H30N2O7/c1-4-11-36-27(33)29-21-15-23(35-12-7-10-24(30)31)17(2)13-20(21)25(32)28-16-19-9-6-5-8-18(19)14-22(28)26(29)34-3/h4-6,8-9,13,15,22,26H,1,7,10-12,14,16H2,2-3H3,(H,30,31)/t22-,26?/m0/s1. The number of rotatable bonds is 8. The second-order valence-electron chi connectivity index (χ2n) is 8.82. The zero-order chi connectivity index (χ0) is 25.8. The second-order valence-corrected chi connectivity index (χ2v) is 8.82. The lowest BCUT2D eigenvalue weighted by Gasteiger charge is -2.41. The normalized spacial score (nSPS) is 18.4. The molecule has 190 valence electrons. The molecule has 2 aliphatic heterocycles. The van der Waals surface area contributed by atoms with Gasteiger partial charge >= 0.3 is 12.1 Å². The summed E-state index contributed by atoms with van der Waals surface area (Å²) in [6, 6.07) is 10.8. The zero-order valence-corrected chi connectivity index (χ0v) is 20.4. The first-order valence-corrected chi connectivity index (χ1v) is 11.8. The van der Waals surface area contributed by atoms with Crippen LogP contribution >= 0.6 is 0 Å². The van der Waals surface area contributed by atoms with Gasteiger partial charge in [0.2, 0.25) is 0 Å². The lowest BCUT2D eigenvalue weighted by Crippen LogP contribution is -2.56. The van der Waals surface area contributed by atoms with Gasteiger partial charge < -0.3 is 24.2 Å². The molecule has 0 saturated carbocycles. The van der Waals surface area contributed by atoms with E-state index in [2.05, 4.69) is 6.58 Å². The highest BCUT2D eigenvalue weighted by molar-refractivity contribution is 6.05. The SMILES string of the molecule is C=CCOC(=O)N1c2cc(OCCCC(=O)O)c(C)cc2C(=O)N2Cc3ccccc3C[C@H]2C1OC. The van der Waals surface area contributed by atoms with Crippen molar-refractivity contribution in [3.8, 4) is 5.75 Å². The van der Waals surface area contributed by atoms with E-state index >= 15 is 0 Å². The van der Waals surface area contributed by atoms with E-state index in [9.17, 15) is 14.4 Å². The van der Waals surface area contributed by atoms with Crippen LogP contribution in [0.2, 0.25) is 0 Å². The third-order valence-corrected chi connectivity index (χ3v) is 6.47. The van der Waals surface area contributed by atoms with Gasteiger partial charge in [0, 0.05) is 26.1 Å². The molecule has 2 heterocycles. The molecule has 1 N–H and O–H groups in total. The molecular formula is C27H30N2O7. The van der Waals surface area contributed by atoms with Gasteiger partial charge in [-0.25, -0.2) is 9.69 Å². The molecular weight excluding hydrogens is 464 g/mol. The molecule has 2 atom stereocenters. The maximum atomic E-state index is 13.9. The van der Waals surface area contributed by atoms with Crippen LogP contribution in [0, 0.1) is 6.92 Å². The molecule has 36 heavy (non-hydrogen) atoms. The summed E-state index contributed by atoms with van der Waals surface area (Å²) in [7, 11) is 1.50. The van der Waals surface area contributed by atoms with Crippen molar-refractivity contribution in [2.75, 3.05) is 25.2 Å². The molecule has 0 aromatic heterocycles. The Morgan fingerprint density at radius 1 is 1.22 bits per heavy atom. The number of amides is 2. The van der Waals surface area contributed by atoms with Gasteiger partial charge in [-0.1, -0.05) is 36.9 Å². The van der Waals surface area contributed by atoms with Gasteiger partial charge in [0.05, 0.1) is 23.9 Å². The molecule has 2 aliphatic rings. The van der Waals surface area contributed by atoms with Crippen molar-refractivity contribution in [1.82, 2.24) is 4.90 Å². The molecule has 2 aromatic carbocycles. The predicted octanol–water partition coefficient (Wildman–Crippen LogP) is 3.92. The quantitative estimate of drug-likeness (QED) is 0.438. The Morgan fingerprint density at radius 3 is 2.67 bits per heavy atom. The molecule has 1 unspecified atom stereocenters. The van der Waals surface area contributed by atoms with Crippen molar-refractivity contribution in [1.29, 1.82) is 0 Å². The zero-order valence-electron chi connectivity index (χ0n) is 20.4.